The van der Waals surface area contributed by atoms with Crippen LogP contribution < -0.4 is 5.73 Å². The SMILES string of the molecule is Cc1ccccc1S(=O)(=O)N1CCCC(CN)C1.Cl. The monoisotopic (exact) mass is 304 g/mol. The first kappa shape index (κ1) is 16.4. The van der Waals surface area contributed by atoms with Crippen molar-refractivity contribution >= 4 is 22.4 Å². The van der Waals surface area contributed by atoms with Crippen LogP contribution in [-0.2, 0) is 10.0 Å². The van der Waals surface area contributed by atoms with Crippen molar-refractivity contribution in [3.05, 3.63) is 29.8 Å². The molecule has 0 saturated carbocycles. The zero-order chi connectivity index (χ0) is 13.2. The first-order valence-corrected chi connectivity index (χ1v) is 7.75. The molecule has 2 rings (SSSR count). The molecule has 0 aliphatic carbocycles. The number of hydrogen-bond donors (Lipinski definition) is 1. The molecule has 1 heterocycles. The average Bonchev–Trinajstić information content (AvgIpc) is 2.39. The first-order valence-electron chi connectivity index (χ1n) is 6.31. The van der Waals surface area contributed by atoms with Gasteiger partial charge in [-0.15, -0.1) is 12.4 Å². The van der Waals surface area contributed by atoms with Crippen molar-refractivity contribution in [3.63, 3.8) is 0 Å². The van der Waals surface area contributed by atoms with Gasteiger partial charge in [-0.3, -0.25) is 0 Å². The summed E-state index contributed by atoms with van der Waals surface area (Å²) in [4.78, 5) is 0.419. The normalized spacial score (nSPS) is 20.8. The van der Waals surface area contributed by atoms with Crippen molar-refractivity contribution in [2.75, 3.05) is 19.6 Å². The van der Waals surface area contributed by atoms with E-state index in [1.165, 1.54) is 0 Å². The van der Waals surface area contributed by atoms with Gasteiger partial charge in [0.1, 0.15) is 0 Å². The van der Waals surface area contributed by atoms with Crippen LogP contribution in [-0.4, -0.2) is 32.4 Å². The quantitative estimate of drug-likeness (QED) is 0.926. The van der Waals surface area contributed by atoms with Crippen molar-refractivity contribution in [1.82, 2.24) is 4.31 Å². The summed E-state index contributed by atoms with van der Waals surface area (Å²) in [5, 5.41) is 0. The zero-order valence-electron chi connectivity index (χ0n) is 11.1. The standard InChI is InChI=1S/C13H20N2O2S.ClH/c1-11-5-2-3-7-13(11)18(16,17)15-8-4-6-12(9-14)10-15;/h2-3,5,7,12H,4,6,8-10,14H2,1H3;1H. The number of piperidine rings is 1. The Kier molecular flexibility index (Phi) is 5.80. The maximum atomic E-state index is 12.6. The molecule has 1 fully saturated rings. The molecule has 0 aromatic heterocycles. The molecule has 0 spiro atoms. The predicted octanol–water partition coefficient (Wildman–Crippen LogP) is 1.78. The van der Waals surface area contributed by atoms with Crippen molar-refractivity contribution in [3.8, 4) is 0 Å². The lowest BCUT2D eigenvalue weighted by Crippen LogP contribution is -2.42. The molecule has 0 radical (unpaired) electrons. The lowest BCUT2D eigenvalue weighted by atomic mass is 10.0. The Hall–Kier alpha value is -0.620. The summed E-state index contributed by atoms with van der Waals surface area (Å²) in [7, 11) is -3.36. The lowest BCUT2D eigenvalue weighted by molar-refractivity contribution is 0.271. The highest BCUT2D eigenvalue weighted by atomic mass is 35.5. The molecule has 1 aliphatic heterocycles. The molecule has 6 heteroatoms. The van der Waals surface area contributed by atoms with Gasteiger partial charge in [0.15, 0.2) is 0 Å². The minimum absolute atomic E-state index is 0. The van der Waals surface area contributed by atoms with Crippen LogP contribution in [0, 0.1) is 12.8 Å². The number of sulfonamides is 1. The number of nitrogens with zero attached hydrogens (tertiary/aromatic N) is 1. The highest BCUT2D eigenvalue weighted by Crippen LogP contribution is 2.24. The summed E-state index contributed by atoms with van der Waals surface area (Å²) in [6.07, 6.45) is 1.92. The Labute approximate surface area is 121 Å². The summed E-state index contributed by atoms with van der Waals surface area (Å²) in [6.45, 7) is 3.54. The van der Waals surface area contributed by atoms with E-state index >= 15 is 0 Å². The summed E-state index contributed by atoms with van der Waals surface area (Å²) in [5.74, 6) is 0.289. The fourth-order valence-corrected chi connectivity index (χ4v) is 4.20. The van der Waals surface area contributed by atoms with Gasteiger partial charge in [0.05, 0.1) is 4.90 Å². The largest absolute Gasteiger partial charge is 0.330 e. The Morgan fingerprint density at radius 1 is 1.37 bits per heavy atom. The molecule has 19 heavy (non-hydrogen) atoms. The fourth-order valence-electron chi connectivity index (χ4n) is 2.42. The summed E-state index contributed by atoms with van der Waals surface area (Å²) in [6, 6.07) is 7.13. The number of benzene rings is 1. The number of halogens is 1. The summed E-state index contributed by atoms with van der Waals surface area (Å²) in [5.41, 5.74) is 6.45. The smallest absolute Gasteiger partial charge is 0.243 e. The summed E-state index contributed by atoms with van der Waals surface area (Å²) < 4.78 is 26.7. The van der Waals surface area contributed by atoms with Crippen molar-refractivity contribution < 1.29 is 8.42 Å². The van der Waals surface area contributed by atoms with Gasteiger partial charge in [0.25, 0.3) is 0 Å². The molecule has 1 aromatic carbocycles. The van der Waals surface area contributed by atoms with E-state index in [9.17, 15) is 8.42 Å². The van der Waals surface area contributed by atoms with Crippen molar-refractivity contribution in [2.24, 2.45) is 11.7 Å². The third-order valence-electron chi connectivity index (χ3n) is 3.53. The summed E-state index contributed by atoms with van der Waals surface area (Å²) >= 11 is 0. The maximum Gasteiger partial charge on any atom is 0.243 e. The first-order chi connectivity index (χ1) is 8.55. The second-order valence-corrected chi connectivity index (χ2v) is 6.78. The number of hydrogen-bond acceptors (Lipinski definition) is 3. The van der Waals surface area contributed by atoms with Crippen LogP contribution in [0.1, 0.15) is 18.4 Å². The number of aryl methyl sites for hydroxylation is 1. The van der Waals surface area contributed by atoms with Gasteiger partial charge in [0, 0.05) is 13.1 Å². The number of rotatable bonds is 3. The lowest BCUT2D eigenvalue weighted by Gasteiger charge is -2.31. The van der Waals surface area contributed by atoms with Gasteiger partial charge in [-0.1, -0.05) is 18.2 Å². The minimum atomic E-state index is -3.36. The second-order valence-electron chi connectivity index (χ2n) is 4.87. The molecule has 1 aliphatic rings. The van der Waals surface area contributed by atoms with E-state index in [0.717, 1.165) is 18.4 Å². The van der Waals surface area contributed by atoms with Gasteiger partial charge >= 0.3 is 0 Å². The molecular weight excluding hydrogens is 284 g/mol. The van der Waals surface area contributed by atoms with Gasteiger partial charge in [-0.2, -0.15) is 4.31 Å². The highest BCUT2D eigenvalue weighted by molar-refractivity contribution is 7.89. The molecule has 108 valence electrons. The molecule has 1 saturated heterocycles. The van der Waals surface area contributed by atoms with E-state index in [-0.39, 0.29) is 18.3 Å². The van der Waals surface area contributed by atoms with Crippen LogP contribution in [0.15, 0.2) is 29.2 Å². The topological polar surface area (TPSA) is 63.4 Å². The number of nitrogens with two attached hydrogens (primary N) is 1. The van der Waals surface area contributed by atoms with E-state index in [0.29, 0.717) is 24.5 Å². The Bertz CT molecular complexity index is 519. The third-order valence-corrected chi connectivity index (χ3v) is 5.55. The van der Waals surface area contributed by atoms with Crippen LogP contribution >= 0.6 is 12.4 Å². The third kappa shape index (κ3) is 3.48. The van der Waals surface area contributed by atoms with Gasteiger partial charge in [-0.25, -0.2) is 8.42 Å². The van der Waals surface area contributed by atoms with E-state index < -0.39 is 10.0 Å². The van der Waals surface area contributed by atoms with Crippen LogP contribution in [0.2, 0.25) is 0 Å². The van der Waals surface area contributed by atoms with E-state index in [4.69, 9.17) is 5.73 Å². The van der Waals surface area contributed by atoms with Crippen LogP contribution in [0.25, 0.3) is 0 Å². The second kappa shape index (κ2) is 6.70. The molecule has 4 nitrogen and oxygen atoms in total. The van der Waals surface area contributed by atoms with Gasteiger partial charge in [-0.05, 0) is 43.9 Å². The predicted molar refractivity (Wildman–Crippen MR) is 79.0 cm³/mol. The van der Waals surface area contributed by atoms with Crippen molar-refractivity contribution in [2.45, 2.75) is 24.7 Å². The molecule has 1 unspecified atom stereocenters. The molecule has 2 N–H and O–H groups in total. The van der Waals surface area contributed by atoms with E-state index in [1.807, 2.05) is 19.1 Å². The highest BCUT2D eigenvalue weighted by Gasteiger charge is 2.30. The van der Waals surface area contributed by atoms with E-state index in [2.05, 4.69) is 0 Å². The van der Waals surface area contributed by atoms with Crippen LogP contribution in [0.5, 0.6) is 0 Å². The Morgan fingerprint density at radius 3 is 2.68 bits per heavy atom. The molecular formula is C13H21ClN2O2S. The van der Waals surface area contributed by atoms with Gasteiger partial charge in [0.2, 0.25) is 10.0 Å². The molecule has 1 atom stereocenters. The molecule has 0 amide bonds. The van der Waals surface area contributed by atoms with Gasteiger partial charge < -0.3 is 5.73 Å². The average molecular weight is 305 g/mol. The fraction of sp³-hybridized carbons (Fsp3) is 0.538. The zero-order valence-corrected chi connectivity index (χ0v) is 12.7. The Morgan fingerprint density at radius 2 is 2.05 bits per heavy atom. The molecule has 1 aromatic rings. The van der Waals surface area contributed by atoms with Crippen LogP contribution in [0.4, 0.5) is 0 Å². The van der Waals surface area contributed by atoms with E-state index in [1.54, 1.807) is 16.4 Å². The van der Waals surface area contributed by atoms with Crippen molar-refractivity contribution in [1.29, 1.82) is 0 Å². The Balaban J connectivity index is 0.00000180. The molecule has 0 bridgehead atoms. The minimum Gasteiger partial charge on any atom is -0.330 e. The van der Waals surface area contributed by atoms with Crippen LogP contribution in [0.3, 0.4) is 0 Å². The maximum absolute atomic E-state index is 12.6.